The average molecular weight is 609 g/mol. The molecule has 2 amide bonds. The molecule has 0 aliphatic carbocycles. The average Bonchev–Trinajstić information content (AvgIpc) is 2.86. The largest absolute Gasteiger partial charge is 0.350 e. The van der Waals surface area contributed by atoms with Crippen molar-refractivity contribution < 1.29 is 22.4 Å². The monoisotopic (exact) mass is 607 g/mol. The lowest BCUT2D eigenvalue weighted by atomic mass is 10.0. The predicted octanol–water partition coefficient (Wildman–Crippen LogP) is 5.45. The molecule has 0 saturated heterocycles. The summed E-state index contributed by atoms with van der Waals surface area (Å²) in [6, 6.07) is 18.2. The molecule has 3 aromatic carbocycles. The second-order valence-corrected chi connectivity index (χ2v) is 13.1. The van der Waals surface area contributed by atoms with Crippen molar-refractivity contribution in [1.29, 1.82) is 0 Å². The zero-order valence-electron chi connectivity index (χ0n) is 22.7. The first-order chi connectivity index (χ1) is 18.7. The minimum Gasteiger partial charge on any atom is -0.350 e. The number of hydrogen-bond donors (Lipinski definition) is 1. The molecule has 1 atom stereocenters. The van der Waals surface area contributed by atoms with Gasteiger partial charge in [-0.05, 0) is 56.2 Å². The Balaban J connectivity index is 2.09. The van der Waals surface area contributed by atoms with E-state index in [-0.39, 0.29) is 28.7 Å². The van der Waals surface area contributed by atoms with Crippen molar-refractivity contribution in [3.05, 3.63) is 99.8 Å². The van der Waals surface area contributed by atoms with Crippen LogP contribution < -0.4 is 9.62 Å². The smallest absolute Gasteiger partial charge is 0.244 e. The van der Waals surface area contributed by atoms with Crippen molar-refractivity contribution in [2.75, 3.05) is 17.1 Å². The van der Waals surface area contributed by atoms with Gasteiger partial charge >= 0.3 is 0 Å². The first-order valence-corrected chi connectivity index (χ1v) is 15.1. The molecular formula is C29H32Cl2FN3O4S. The first-order valence-electron chi connectivity index (χ1n) is 12.5. The van der Waals surface area contributed by atoms with Crippen LogP contribution in [0.2, 0.25) is 10.0 Å². The van der Waals surface area contributed by atoms with E-state index in [1.54, 1.807) is 0 Å². The number of halogens is 3. The Labute approximate surface area is 244 Å². The van der Waals surface area contributed by atoms with Gasteiger partial charge < -0.3 is 10.2 Å². The van der Waals surface area contributed by atoms with Crippen molar-refractivity contribution in [2.24, 2.45) is 0 Å². The fraction of sp³-hybridized carbons (Fsp3) is 0.310. The molecule has 0 heterocycles. The summed E-state index contributed by atoms with van der Waals surface area (Å²) in [5.74, 6) is -1.53. The molecule has 214 valence electrons. The van der Waals surface area contributed by atoms with E-state index in [4.69, 9.17) is 23.2 Å². The van der Waals surface area contributed by atoms with E-state index >= 15 is 0 Å². The van der Waals surface area contributed by atoms with Crippen LogP contribution in [0.5, 0.6) is 0 Å². The van der Waals surface area contributed by atoms with Gasteiger partial charge in [-0.2, -0.15) is 0 Å². The van der Waals surface area contributed by atoms with Gasteiger partial charge in [0.15, 0.2) is 0 Å². The van der Waals surface area contributed by atoms with Gasteiger partial charge in [-0.1, -0.05) is 71.7 Å². The minimum atomic E-state index is -4.01. The van der Waals surface area contributed by atoms with Crippen LogP contribution in [0.3, 0.4) is 0 Å². The van der Waals surface area contributed by atoms with Crippen molar-refractivity contribution in [3.63, 3.8) is 0 Å². The van der Waals surface area contributed by atoms with Gasteiger partial charge in [0.2, 0.25) is 21.8 Å². The van der Waals surface area contributed by atoms with Gasteiger partial charge in [-0.25, -0.2) is 12.8 Å². The highest BCUT2D eigenvalue weighted by Crippen LogP contribution is 2.34. The third-order valence-corrected chi connectivity index (χ3v) is 7.85. The third kappa shape index (κ3) is 8.68. The summed E-state index contributed by atoms with van der Waals surface area (Å²) in [6.45, 7) is 4.75. The number of rotatable bonds is 10. The Kier molecular flexibility index (Phi) is 10.2. The summed E-state index contributed by atoms with van der Waals surface area (Å²) in [7, 11) is -4.01. The lowest BCUT2D eigenvalue weighted by molar-refractivity contribution is -0.140. The second kappa shape index (κ2) is 13.0. The van der Waals surface area contributed by atoms with E-state index in [1.807, 2.05) is 51.1 Å². The molecule has 1 N–H and O–H groups in total. The Morgan fingerprint density at radius 3 is 2.12 bits per heavy atom. The molecule has 0 aromatic heterocycles. The van der Waals surface area contributed by atoms with Crippen LogP contribution in [-0.4, -0.2) is 49.5 Å². The lowest BCUT2D eigenvalue weighted by Gasteiger charge is -2.35. The molecule has 7 nitrogen and oxygen atoms in total. The summed E-state index contributed by atoms with van der Waals surface area (Å²) in [5, 5.41) is 3.03. The zero-order valence-corrected chi connectivity index (χ0v) is 25.0. The molecule has 0 bridgehead atoms. The molecule has 1 unspecified atom stereocenters. The Morgan fingerprint density at radius 1 is 0.925 bits per heavy atom. The van der Waals surface area contributed by atoms with Crippen LogP contribution in [-0.2, 0) is 32.6 Å². The first kappa shape index (κ1) is 31.4. The predicted molar refractivity (Wildman–Crippen MR) is 157 cm³/mol. The van der Waals surface area contributed by atoms with Crippen LogP contribution in [0.25, 0.3) is 0 Å². The Hall–Kier alpha value is -3.14. The standard InChI is InChI=1S/C29H32Cl2FN3O4S/c1-29(2,3)33-28(37)25(17-20-9-6-5-7-10-20)34(18-21-13-15-22(32)16-14-21)26(36)19-35(40(4,38)39)24-12-8-11-23(30)27(24)31/h5-16,25H,17-19H2,1-4H3,(H,33,37). The third-order valence-electron chi connectivity index (χ3n) is 5.91. The highest BCUT2D eigenvalue weighted by molar-refractivity contribution is 7.92. The van der Waals surface area contributed by atoms with Gasteiger partial charge in [0, 0.05) is 18.5 Å². The molecule has 0 saturated carbocycles. The van der Waals surface area contributed by atoms with Crippen molar-refractivity contribution in [3.8, 4) is 0 Å². The highest BCUT2D eigenvalue weighted by atomic mass is 35.5. The van der Waals surface area contributed by atoms with E-state index in [0.717, 1.165) is 16.1 Å². The fourth-order valence-electron chi connectivity index (χ4n) is 4.07. The summed E-state index contributed by atoms with van der Waals surface area (Å²) in [5.41, 5.74) is 0.781. The highest BCUT2D eigenvalue weighted by Gasteiger charge is 2.34. The molecule has 0 fully saturated rings. The van der Waals surface area contributed by atoms with Crippen LogP contribution in [0.15, 0.2) is 72.8 Å². The van der Waals surface area contributed by atoms with E-state index in [0.29, 0.717) is 5.56 Å². The molecule has 3 rings (SSSR count). The summed E-state index contributed by atoms with van der Waals surface area (Å²) < 4.78 is 40.3. The molecule has 0 aliphatic heterocycles. The maximum atomic E-state index is 14.0. The molecule has 0 spiro atoms. The Morgan fingerprint density at radius 2 is 1.55 bits per heavy atom. The van der Waals surface area contributed by atoms with Crippen molar-refractivity contribution in [2.45, 2.75) is 45.3 Å². The number of hydrogen-bond acceptors (Lipinski definition) is 4. The fourth-order valence-corrected chi connectivity index (χ4v) is 5.38. The number of nitrogens with one attached hydrogen (secondary N) is 1. The number of sulfonamides is 1. The molecule has 11 heteroatoms. The Bertz CT molecular complexity index is 1450. The van der Waals surface area contributed by atoms with Gasteiger partial charge in [0.25, 0.3) is 0 Å². The minimum absolute atomic E-state index is 0.0289. The molecular weight excluding hydrogens is 576 g/mol. The number of carbonyl (C=O) groups is 2. The van der Waals surface area contributed by atoms with Gasteiger partial charge in [-0.15, -0.1) is 0 Å². The van der Waals surface area contributed by atoms with Crippen molar-refractivity contribution >= 4 is 50.7 Å². The number of nitrogens with zero attached hydrogens (tertiary/aromatic N) is 2. The molecule has 3 aromatic rings. The van der Waals surface area contributed by atoms with Gasteiger partial charge in [-0.3, -0.25) is 13.9 Å². The maximum Gasteiger partial charge on any atom is 0.244 e. The lowest BCUT2D eigenvalue weighted by Crippen LogP contribution is -2.56. The normalized spacial score (nSPS) is 12.5. The van der Waals surface area contributed by atoms with Crippen LogP contribution in [0, 0.1) is 5.82 Å². The van der Waals surface area contributed by atoms with Gasteiger partial charge in [0.1, 0.15) is 18.4 Å². The summed E-state index contributed by atoms with van der Waals surface area (Å²) >= 11 is 12.5. The topological polar surface area (TPSA) is 86.8 Å². The van der Waals surface area contributed by atoms with E-state index in [1.165, 1.54) is 47.4 Å². The van der Waals surface area contributed by atoms with E-state index in [2.05, 4.69) is 5.32 Å². The summed E-state index contributed by atoms with van der Waals surface area (Å²) in [4.78, 5) is 29.0. The van der Waals surface area contributed by atoms with Crippen molar-refractivity contribution in [1.82, 2.24) is 10.2 Å². The molecule has 0 radical (unpaired) electrons. The summed E-state index contributed by atoms with van der Waals surface area (Å²) in [6.07, 6.45) is 1.11. The number of benzene rings is 3. The maximum absolute atomic E-state index is 14.0. The van der Waals surface area contributed by atoms with Crippen LogP contribution >= 0.6 is 23.2 Å². The SMILES string of the molecule is CC(C)(C)NC(=O)C(Cc1ccccc1)N(Cc1ccc(F)cc1)C(=O)CN(c1cccc(Cl)c1Cl)S(C)(=O)=O. The second-order valence-electron chi connectivity index (χ2n) is 10.4. The molecule has 40 heavy (non-hydrogen) atoms. The number of carbonyl (C=O) groups excluding carboxylic acids is 2. The zero-order chi connectivity index (χ0) is 29.7. The number of anilines is 1. The van der Waals surface area contributed by atoms with Crippen LogP contribution in [0.1, 0.15) is 31.9 Å². The van der Waals surface area contributed by atoms with Gasteiger partial charge in [0.05, 0.1) is 22.0 Å². The van der Waals surface area contributed by atoms with E-state index in [9.17, 15) is 22.4 Å². The number of amides is 2. The van der Waals surface area contributed by atoms with E-state index < -0.39 is 45.8 Å². The quantitative estimate of drug-likeness (QED) is 0.332. The molecule has 0 aliphatic rings. The van der Waals surface area contributed by atoms with Crippen LogP contribution in [0.4, 0.5) is 10.1 Å².